The van der Waals surface area contributed by atoms with E-state index in [0.29, 0.717) is 23.9 Å². The Kier molecular flexibility index (Phi) is 3.90. The van der Waals surface area contributed by atoms with Gasteiger partial charge in [0.15, 0.2) is 0 Å². The normalized spacial score (nSPS) is 24.2. The van der Waals surface area contributed by atoms with Crippen molar-refractivity contribution >= 4 is 10.0 Å². The van der Waals surface area contributed by atoms with E-state index in [9.17, 15) is 8.42 Å². The Labute approximate surface area is 142 Å². The highest BCUT2D eigenvalue weighted by molar-refractivity contribution is 7.89. The van der Waals surface area contributed by atoms with Crippen LogP contribution in [0.4, 0.5) is 0 Å². The topological polar surface area (TPSA) is 62.3 Å². The maximum Gasteiger partial charge on any atom is 0.243 e. The number of aryl methyl sites for hydroxylation is 1. The largest absolute Gasteiger partial charge is 0.316 e. The minimum Gasteiger partial charge on any atom is -0.316 e. The number of sulfonamides is 1. The summed E-state index contributed by atoms with van der Waals surface area (Å²) in [4.78, 5) is 4.94. The Balaban J connectivity index is 1.76. The average Bonchev–Trinajstić information content (AvgIpc) is 2.96. The van der Waals surface area contributed by atoms with Gasteiger partial charge in [-0.25, -0.2) is 8.42 Å². The Morgan fingerprint density at radius 3 is 2.92 bits per heavy atom. The molecule has 2 aliphatic rings. The van der Waals surface area contributed by atoms with Gasteiger partial charge in [0.05, 0.1) is 4.90 Å². The number of aromatic nitrogens is 1. The molecule has 1 aromatic carbocycles. The zero-order chi connectivity index (χ0) is 16.7. The first-order chi connectivity index (χ1) is 11.6. The molecule has 1 fully saturated rings. The molecule has 0 spiro atoms. The summed E-state index contributed by atoms with van der Waals surface area (Å²) in [5.41, 5.74) is 3.02. The fourth-order valence-corrected chi connectivity index (χ4v) is 5.37. The summed E-state index contributed by atoms with van der Waals surface area (Å²) in [6.07, 6.45) is 1.80. The zero-order valence-electron chi connectivity index (χ0n) is 13.6. The van der Waals surface area contributed by atoms with Gasteiger partial charge in [-0.15, -0.1) is 0 Å². The van der Waals surface area contributed by atoms with Crippen LogP contribution >= 0.6 is 0 Å². The summed E-state index contributed by atoms with van der Waals surface area (Å²) in [5, 5.41) is 3.39. The van der Waals surface area contributed by atoms with E-state index in [2.05, 4.69) is 10.3 Å². The Morgan fingerprint density at radius 2 is 2.08 bits per heavy atom. The maximum absolute atomic E-state index is 13.2. The molecule has 24 heavy (non-hydrogen) atoms. The molecule has 2 aromatic rings. The van der Waals surface area contributed by atoms with Crippen molar-refractivity contribution in [2.45, 2.75) is 24.3 Å². The Bertz CT molecular complexity index is 866. The SMILES string of the molecule is Cc1cccc(S(=O)(=O)N2Cc3cccnc3[C@H]3CNC[C@@H]3C2)c1. The van der Waals surface area contributed by atoms with Crippen molar-refractivity contribution < 1.29 is 8.42 Å². The standard InChI is InChI=1S/C18H21N3O2S/c1-13-4-2-6-16(8-13)24(22,23)21-11-14-5-3-7-20-18(14)17-10-19-9-15(17)12-21/h2-8,15,17,19H,9-12H2,1H3/t15-,17+/m1/s1. The predicted octanol–water partition coefficient (Wildman–Crippen LogP) is 1.90. The van der Waals surface area contributed by atoms with Gasteiger partial charge in [0.2, 0.25) is 10.0 Å². The summed E-state index contributed by atoms with van der Waals surface area (Å²) in [6, 6.07) is 11.0. The van der Waals surface area contributed by atoms with E-state index in [1.165, 1.54) is 0 Å². The van der Waals surface area contributed by atoms with Gasteiger partial charge >= 0.3 is 0 Å². The molecule has 0 saturated carbocycles. The molecule has 4 rings (SSSR count). The highest BCUT2D eigenvalue weighted by atomic mass is 32.2. The fourth-order valence-electron chi connectivity index (χ4n) is 3.79. The van der Waals surface area contributed by atoms with Crippen LogP contribution in [0, 0.1) is 12.8 Å². The summed E-state index contributed by atoms with van der Waals surface area (Å²) in [6.45, 7) is 4.54. The highest BCUT2D eigenvalue weighted by Gasteiger charge is 2.39. The molecular formula is C18H21N3O2S. The Hall–Kier alpha value is -1.76. The van der Waals surface area contributed by atoms with E-state index >= 15 is 0 Å². The highest BCUT2D eigenvalue weighted by Crippen LogP contribution is 2.35. The summed E-state index contributed by atoms with van der Waals surface area (Å²) < 4.78 is 28.0. The minimum absolute atomic E-state index is 0.265. The first kappa shape index (κ1) is 15.7. The van der Waals surface area contributed by atoms with Crippen molar-refractivity contribution in [3.8, 4) is 0 Å². The van der Waals surface area contributed by atoms with Crippen LogP contribution in [-0.2, 0) is 16.6 Å². The van der Waals surface area contributed by atoms with E-state index in [1.54, 1.807) is 28.7 Å². The minimum atomic E-state index is -3.51. The van der Waals surface area contributed by atoms with Gasteiger partial charge in [-0.2, -0.15) is 4.31 Å². The number of nitrogens with zero attached hydrogens (tertiary/aromatic N) is 2. The number of benzene rings is 1. The molecule has 1 saturated heterocycles. The number of nitrogens with one attached hydrogen (secondary N) is 1. The smallest absolute Gasteiger partial charge is 0.243 e. The number of rotatable bonds is 2. The lowest BCUT2D eigenvalue weighted by atomic mass is 9.91. The van der Waals surface area contributed by atoms with Crippen molar-refractivity contribution in [3.05, 3.63) is 59.4 Å². The van der Waals surface area contributed by atoms with E-state index in [1.807, 2.05) is 25.1 Å². The van der Waals surface area contributed by atoms with Gasteiger partial charge < -0.3 is 5.32 Å². The lowest BCUT2D eigenvalue weighted by molar-refractivity contribution is 0.349. The molecule has 0 unspecified atom stereocenters. The third-order valence-corrected chi connectivity index (χ3v) is 6.84. The number of pyridine rings is 1. The second-order valence-electron chi connectivity index (χ2n) is 6.69. The quantitative estimate of drug-likeness (QED) is 0.905. The molecule has 2 atom stereocenters. The van der Waals surface area contributed by atoms with Gasteiger partial charge in [-0.3, -0.25) is 4.98 Å². The summed E-state index contributed by atoms with van der Waals surface area (Å²) in [5.74, 6) is 0.555. The van der Waals surface area contributed by atoms with Crippen LogP contribution in [0.25, 0.3) is 0 Å². The van der Waals surface area contributed by atoms with Crippen LogP contribution in [-0.4, -0.2) is 37.3 Å². The van der Waals surface area contributed by atoms with E-state index < -0.39 is 10.0 Å². The Morgan fingerprint density at radius 1 is 1.21 bits per heavy atom. The average molecular weight is 343 g/mol. The molecule has 0 radical (unpaired) electrons. The van der Waals surface area contributed by atoms with E-state index in [0.717, 1.165) is 29.9 Å². The third-order valence-electron chi connectivity index (χ3n) is 5.03. The predicted molar refractivity (Wildman–Crippen MR) is 92.1 cm³/mol. The van der Waals surface area contributed by atoms with Crippen LogP contribution in [0.5, 0.6) is 0 Å². The monoisotopic (exact) mass is 343 g/mol. The van der Waals surface area contributed by atoms with Gasteiger partial charge in [0.1, 0.15) is 0 Å². The fraction of sp³-hybridized carbons (Fsp3) is 0.389. The van der Waals surface area contributed by atoms with Gasteiger partial charge in [0.25, 0.3) is 0 Å². The second-order valence-corrected chi connectivity index (χ2v) is 8.62. The first-order valence-electron chi connectivity index (χ1n) is 8.27. The van der Waals surface area contributed by atoms with Crippen molar-refractivity contribution in [2.75, 3.05) is 19.6 Å². The van der Waals surface area contributed by atoms with Crippen LogP contribution in [0.3, 0.4) is 0 Å². The van der Waals surface area contributed by atoms with Crippen LogP contribution in [0.15, 0.2) is 47.5 Å². The molecule has 2 aliphatic heterocycles. The van der Waals surface area contributed by atoms with Crippen LogP contribution < -0.4 is 5.32 Å². The molecule has 1 aromatic heterocycles. The van der Waals surface area contributed by atoms with Crippen molar-refractivity contribution in [2.24, 2.45) is 5.92 Å². The first-order valence-corrected chi connectivity index (χ1v) is 9.71. The lowest BCUT2D eigenvalue weighted by Crippen LogP contribution is -2.35. The molecule has 5 nitrogen and oxygen atoms in total. The van der Waals surface area contributed by atoms with Crippen LogP contribution in [0.2, 0.25) is 0 Å². The van der Waals surface area contributed by atoms with Gasteiger partial charge in [0, 0.05) is 37.4 Å². The molecule has 3 heterocycles. The van der Waals surface area contributed by atoms with Crippen LogP contribution in [0.1, 0.15) is 22.7 Å². The van der Waals surface area contributed by atoms with Crippen molar-refractivity contribution in [1.82, 2.24) is 14.6 Å². The van der Waals surface area contributed by atoms with Gasteiger partial charge in [-0.1, -0.05) is 18.2 Å². The lowest BCUT2D eigenvalue weighted by Gasteiger charge is -2.23. The molecule has 126 valence electrons. The molecular weight excluding hydrogens is 322 g/mol. The number of hydrogen-bond donors (Lipinski definition) is 1. The van der Waals surface area contributed by atoms with Crippen molar-refractivity contribution in [1.29, 1.82) is 0 Å². The summed E-state index contributed by atoms with van der Waals surface area (Å²) >= 11 is 0. The van der Waals surface area contributed by atoms with Crippen molar-refractivity contribution in [3.63, 3.8) is 0 Å². The molecule has 1 N–H and O–H groups in total. The summed E-state index contributed by atoms with van der Waals surface area (Å²) in [7, 11) is -3.51. The number of fused-ring (bicyclic) bond motifs is 3. The van der Waals surface area contributed by atoms with E-state index in [-0.39, 0.29) is 5.92 Å². The molecule has 0 amide bonds. The number of hydrogen-bond acceptors (Lipinski definition) is 4. The third kappa shape index (κ3) is 2.64. The van der Waals surface area contributed by atoms with E-state index in [4.69, 9.17) is 0 Å². The molecule has 0 bridgehead atoms. The second kappa shape index (κ2) is 5.95. The molecule has 0 aliphatic carbocycles. The molecule has 6 heteroatoms. The maximum atomic E-state index is 13.2. The zero-order valence-corrected chi connectivity index (χ0v) is 14.5. The van der Waals surface area contributed by atoms with Gasteiger partial charge in [-0.05, 0) is 48.7 Å².